The lowest BCUT2D eigenvalue weighted by molar-refractivity contribution is 0.129. The van der Waals surface area contributed by atoms with Crippen LogP contribution >= 0.6 is 11.3 Å². The Labute approximate surface area is 131 Å². The highest BCUT2D eigenvalue weighted by atomic mass is 32.2. The van der Waals surface area contributed by atoms with Gasteiger partial charge in [0, 0.05) is 19.7 Å². The number of hydrogen-bond acceptors (Lipinski definition) is 5. The predicted molar refractivity (Wildman–Crippen MR) is 85.0 cm³/mol. The van der Waals surface area contributed by atoms with Gasteiger partial charge in [0.05, 0.1) is 6.61 Å². The Bertz CT molecular complexity index is 524. The van der Waals surface area contributed by atoms with Crippen LogP contribution < -0.4 is 10.0 Å². The van der Waals surface area contributed by atoms with Crippen LogP contribution in [0.15, 0.2) is 15.7 Å². The minimum Gasteiger partial charge on any atom is -0.380 e. The maximum Gasteiger partial charge on any atom is 0.250 e. The van der Waals surface area contributed by atoms with Gasteiger partial charge < -0.3 is 10.1 Å². The monoisotopic (exact) mass is 332 g/mol. The molecule has 0 amide bonds. The molecule has 1 aliphatic rings. The van der Waals surface area contributed by atoms with Crippen LogP contribution in [0, 0.1) is 5.92 Å². The van der Waals surface area contributed by atoms with Crippen molar-refractivity contribution in [2.45, 2.75) is 36.9 Å². The second kappa shape index (κ2) is 8.24. The molecular weight excluding hydrogens is 308 g/mol. The van der Waals surface area contributed by atoms with E-state index in [4.69, 9.17) is 4.74 Å². The zero-order valence-electron chi connectivity index (χ0n) is 12.4. The third kappa shape index (κ3) is 6.04. The van der Waals surface area contributed by atoms with Crippen molar-refractivity contribution in [3.05, 3.63) is 17.0 Å². The van der Waals surface area contributed by atoms with Crippen LogP contribution in [0.2, 0.25) is 0 Å². The van der Waals surface area contributed by atoms with E-state index in [1.165, 1.54) is 24.2 Å². The SMILES string of the molecule is CCCNCc1csc(S(=O)(=O)NCCOCC2CC2)c1. The first-order valence-corrected chi connectivity index (χ1v) is 9.83. The van der Waals surface area contributed by atoms with Crippen LogP contribution in [0.4, 0.5) is 0 Å². The fraction of sp³-hybridized carbons (Fsp3) is 0.714. The van der Waals surface area contributed by atoms with E-state index in [9.17, 15) is 8.42 Å². The summed E-state index contributed by atoms with van der Waals surface area (Å²) in [6, 6.07) is 1.74. The van der Waals surface area contributed by atoms with Crippen LogP contribution in [-0.4, -0.2) is 34.7 Å². The largest absolute Gasteiger partial charge is 0.380 e. The average molecular weight is 332 g/mol. The summed E-state index contributed by atoms with van der Waals surface area (Å²) in [5, 5.41) is 5.15. The molecule has 1 aromatic heterocycles. The van der Waals surface area contributed by atoms with E-state index in [0.717, 1.165) is 25.1 Å². The standard InChI is InChI=1S/C14H24N2O3S2/c1-2-5-15-9-13-8-14(20-11-13)21(17,18)16-6-7-19-10-12-3-4-12/h8,11-12,15-16H,2-7,9-10H2,1H3. The van der Waals surface area contributed by atoms with Crippen LogP contribution in [-0.2, 0) is 21.3 Å². The molecule has 0 spiro atoms. The third-order valence-electron chi connectivity index (χ3n) is 3.24. The molecule has 1 aromatic rings. The highest BCUT2D eigenvalue weighted by Gasteiger charge is 2.21. The first-order valence-electron chi connectivity index (χ1n) is 7.47. The van der Waals surface area contributed by atoms with Gasteiger partial charge in [0.2, 0.25) is 10.0 Å². The fourth-order valence-corrected chi connectivity index (χ4v) is 4.12. The lowest BCUT2D eigenvalue weighted by atomic mass is 10.3. The second-order valence-electron chi connectivity index (χ2n) is 5.37. The predicted octanol–water partition coefficient (Wildman–Crippen LogP) is 1.95. The van der Waals surface area contributed by atoms with Crippen LogP contribution in [0.1, 0.15) is 31.7 Å². The van der Waals surface area contributed by atoms with Gasteiger partial charge in [-0.1, -0.05) is 6.92 Å². The Morgan fingerprint density at radius 2 is 2.19 bits per heavy atom. The molecule has 0 saturated heterocycles. The van der Waals surface area contributed by atoms with Gasteiger partial charge in [-0.3, -0.25) is 0 Å². The minimum absolute atomic E-state index is 0.330. The lowest BCUT2D eigenvalue weighted by Gasteiger charge is -2.05. The van der Waals surface area contributed by atoms with Crippen molar-refractivity contribution in [3.8, 4) is 0 Å². The summed E-state index contributed by atoms with van der Waals surface area (Å²) in [6.07, 6.45) is 3.56. The van der Waals surface area contributed by atoms with E-state index < -0.39 is 10.0 Å². The molecule has 0 aromatic carbocycles. The molecule has 7 heteroatoms. The van der Waals surface area contributed by atoms with Crippen LogP contribution in [0.5, 0.6) is 0 Å². The molecule has 1 saturated carbocycles. The average Bonchev–Trinajstić information content (AvgIpc) is 3.14. The van der Waals surface area contributed by atoms with Gasteiger partial charge in [-0.25, -0.2) is 13.1 Å². The molecule has 5 nitrogen and oxygen atoms in total. The number of rotatable bonds is 11. The number of ether oxygens (including phenoxy) is 1. The molecule has 2 N–H and O–H groups in total. The van der Waals surface area contributed by atoms with Gasteiger partial charge in [0.25, 0.3) is 0 Å². The van der Waals surface area contributed by atoms with Gasteiger partial charge in [-0.2, -0.15) is 0 Å². The molecule has 120 valence electrons. The first kappa shape index (κ1) is 16.9. The Morgan fingerprint density at radius 3 is 2.90 bits per heavy atom. The van der Waals surface area contributed by atoms with E-state index in [1.54, 1.807) is 6.07 Å². The second-order valence-corrected chi connectivity index (χ2v) is 8.27. The van der Waals surface area contributed by atoms with E-state index in [2.05, 4.69) is 17.0 Å². The van der Waals surface area contributed by atoms with Crippen molar-refractivity contribution in [3.63, 3.8) is 0 Å². The van der Waals surface area contributed by atoms with Gasteiger partial charge in [0.15, 0.2) is 0 Å². The molecular formula is C14H24N2O3S2. The van der Waals surface area contributed by atoms with E-state index >= 15 is 0 Å². The van der Waals surface area contributed by atoms with Crippen molar-refractivity contribution in [2.24, 2.45) is 5.92 Å². The topological polar surface area (TPSA) is 67.4 Å². The van der Waals surface area contributed by atoms with Crippen molar-refractivity contribution in [1.29, 1.82) is 0 Å². The summed E-state index contributed by atoms with van der Waals surface area (Å²) in [4.78, 5) is 0. The maximum absolute atomic E-state index is 12.1. The number of hydrogen-bond donors (Lipinski definition) is 2. The molecule has 0 unspecified atom stereocenters. The summed E-state index contributed by atoms with van der Waals surface area (Å²) >= 11 is 1.26. The summed E-state index contributed by atoms with van der Waals surface area (Å²) in [5.41, 5.74) is 1.01. The Balaban J connectivity index is 1.72. The van der Waals surface area contributed by atoms with Crippen molar-refractivity contribution in [2.75, 3.05) is 26.3 Å². The van der Waals surface area contributed by atoms with Gasteiger partial charge >= 0.3 is 0 Å². The Morgan fingerprint density at radius 1 is 1.38 bits per heavy atom. The van der Waals surface area contributed by atoms with Gasteiger partial charge in [-0.15, -0.1) is 11.3 Å². The molecule has 0 aliphatic heterocycles. The maximum atomic E-state index is 12.1. The molecule has 1 aliphatic carbocycles. The van der Waals surface area contributed by atoms with Crippen LogP contribution in [0.25, 0.3) is 0 Å². The van der Waals surface area contributed by atoms with E-state index in [0.29, 0.717) is 29.8 Å². The Hall–Kier alpha value is -0.470. The summed E-state index contributed by atoms with van der Waals surface area (Å²) < 4.78 is 32.6. The molecule has 1 heterocycles. The van der Waals surface area contributed by atoms with E-state index in [-0.39, 0.29) is 0 Å². The number of nitrogens with one attached hydrogen (secondary N) is 2. The minimum atomic E-state index is -3.39. The molecule has 0 radical (unpaired) electrons. The summed E-state index contributed by atoms with van der Waals surface area (Å²) in [7, 11) is -3.39. The fourth-order valence-electron chi connectivity index (χ4n) is 1.85. The molecule has 0 atom stereocenters. The first-order chi connectivity index (χ1) is 10.1. The molecule has 2 rings (SSSR count). The lowest BCUT2D eigenvalue weighted by Crippen LogP contribution is -2.27. The quantitative estimate of drug-likeness (QED) is 0.608. The van der Waals surface area contributed by atoms with Crippen molar-refractivity contribution >= 4 is 21.4 Å². The zero-order chi connectivity index (χ0) is 15.1. The van der Waals surface area contributed by atoms with E-state index in [1.807, 2.05) is 5.38 Å². The highest BCUT2D eigenvalue weighted by Crippen LogP contribution is 2.28. The number of thiophene rings is 1. The van der Waals surface area contributed by atoms with Crippen molar-refractivity contribution < 1.29 is 13.2 Å². The Kier molecular flexibility index (Phi) is 6.63. The summed E-state index contributed by atoms with van der Waals surface area (Å²) in [6.45, 7) is 5.28. The smallest absolute Gasteiger partial charge is 0.250 e. The van der Waals surface area contributed by atoms with Crippen molar-refractivity contribution in [1.82, 2.24) is 10.0 Å². The zero-order valence-corrected chi connectivity index (χ0v) is 14.1. The van der Waals surface area contributed by atoms with Gasteiger partial charge in [0.1, 0.15) is 4.21 Å². The molecule has 1 fully saturated rings. The van der Waals surface area contributed by atoms with Gasteiger partial charge in [-0.05, 0) is 48.7 Å². The third-order valence-corrected chi connectivity index (χ3v) is 6.19. The molecule has 21 heavy (non-hydrogen) atoms. The normalized spacial score (nSPS) is 15.5. The summed E-state index contributed by atoms with van der Waals surface area (Å²) in [5.74, 6) is 0.706. The highest BCUT2D eigenvalue weighted by molar-refractivity contribution is 7.91. The van der Waals surface area contributed by atoms with Crippen LogP contribution in [0.3, 0.4) is 0 Å². The molecule has 0 bridgehead atoms. The number of sulfonamides is 1.